The van der Waals surface area contributed by atoms with Gasteiger partial charge in [-0.1, -0.05) is 24.3 Å². The Labute approximate surface area is 184 Å². The van der Waals surface area contributed by atoms with E-state index in [9.17, 15) is 26.4 Å². The molecule has 0 bridgehead atoms. The number of nitrogens with zero attached hydrogens (tertiary/aromatic N) is 1. The maximum Gasteiger partial charge on any atom is 0.212 e. The predicted molar refractivity (Wildman–Crippen MR) is 121 cm³/mol. The predicted octanol–water partition coefficient (Wildman–Crippen LogP) is 2.67. The molecule has 10 heteroatoms. The van der Waals surface area contributed by atoms with Gasteiger partial charge in [-0.25, -0.2) is 21.8 Å². The Hall–Kier alpha value is -3.50. The average molecular weight is 469 g/mol. The van der Waals surface area contributed by atoms with Gasteiger partial charge in [-0.3, -0.25) is 15.0 Å². The van der Waals surface area contributed by atoms with Gasteiger partial charge >= 0.3 is 0 Å². The second kappa shape index (κ2) is 7.28. The molecule has 0 heterocycles. The van der Waals surface area contributed by atoms with E-state index >= 15 is 0 Å². The smallest absolute Gasteiger partial charge is 0.212 e. The number of sulfone groups is 2. The van der Waals surface area contributed by atoms with Crippen molar-refractivity contribution >= 4 is 59.3 Å². The Kier molecular flexibility index (Phi) is 4.94. The first-order chi connectivity index (χ1) is 14.9. The lowest BCUT2D eigenvalue weighted by molar-refractivity contribution is 0.105. The molecule has 0 atom stereocenters. The van der Waals surface area contributed by atoms with Gasteiger partial charge in [0.1, 0.15) is 11.4 Å². The van der Waals surface area contributed by atoms with Crippen molar-refractivity contribution in [1.29, 1.82) is 5.41 Å². The number of aliphatic imine (C=N–C) groups is 1. The lowest BCUT2D eigenvalue weighted by Crippen LogP contribution is -2.21. The molecule has 0 unspecified atom stereocenters. The number of benzene rings is 2. The third-order valence-corrected chi connectivity index (χ3v) is 7.32. The number of allylic oxidation sites excluding steroid dienone is 2. The highest BCUT2D eigenvalue weighted by Crippen LogP contribution is 2.32. The lowest BCUT2D eigenvalue weighted by Gasteiger charge is -2.17. The van der Waals surface area contributed by atoms with Crippen molar-refractivity contribution in [1.82, 2.24) is 0 Å². The van der Waals surface area contributed by atoms with Gasteiger partial charge in [-0.15, -0.1) is 0 Å². The molecule has 4 rings (SSSR count). The van der Waals surface area contributed by atoms with E-state index < -0.39 is 37.0 Å². The number of Topliss-reactive ketones (excluding diaryl/α,β-unsaturated/α-hetero) is 2. The zero-order valence-corrected chi connectivity index (χ0v) is 18.5. The van der Waals surface area contributed by atoms with Crippen LogP contribution in [0.5, 0.6) is 0 Å². The van der Waals surface area contributed by atoms with Gasteiger partial charge in [0, 0.05) is 34.8 Å². The Morgan fingerprint density at radius 2 is 1.53 bits per heavy atom. The van der Waals surface area contributed by atoms with Gasteiger partial charge in [0.2, 0.25) is 11.6 Å². The molecule has 0 amide bonds. The minimum Gasteiger partial charge on any atom is -0.297 e. The first-order valence-electron chi connectivity index (χ1n) is 9.22. The Balaban J connectivity index is 1.80. The van der Waals surface area contributed by atoms with Crippen LogP contribution in [0.15, 0.2) is 58.4 Å². The molecule has 0 saturated heterocycles. The van der Waals surface area contributed by atoms with E-state index in [2.05, 4.69) is 4.99 Å². The molecular formula is C22H16N2O6S2. The van der Waals surface area contributed by atoms with Crippen molar-refractivity contribution in [2.75, 3.05) is 12.5 Å². The number of rotatable bonds is 3. The van der Waals surface area contributed by atoms with E-state index in [4.69, 9.17) is 5.41 Å². The van der Waals surface area contributed by atoms with Gasteiger partial charge in [-0.05, 0) is 30.4 Å². The summed E-state index contributed by atoms with van der Waals surface area (Å²) < 4.78 is 48.1. The Bertz CT molecular complexity index is 1560. The molecule has 0 fully saturated rings. The number of carbonyl (C=O) groups is 2. The lowest BCUT2D eigenvalue weighted by atomic mass is 9.93. The summed E-state index contributed by atoms with van der Waals surface area (Å²) in [6.45, 7) is 0. The molecule has 0 saturated carbocycles. The van der Waals surface area contributed by atoms with Crippen LogP contribution in [0.3, 0.4) is 0 Å². The normalized spacial score (nSPS) is 17.2. The number of carbonyl (C=O) groups excluding carboxylic acids is 2. The van der Waals surface area contributed by atoms with E-state index in [0.717, 1.165) is 18.6 Å². The molecule has 0 spiro atoms. The number of hydrogen-bond donors (Lipinski definition) is 1. The summed E-state index contributed by atoms with van der Waals surface area (Å²) in [5.74, 6) is -1.13. The summed E-state index contributed by atoms with van der Waals surface area (Å²) in [5.41, 5.74) is 0.440. The van der Waals surface area contributed by atoms with Crippen LogP contribution in [0.1, 0.15) is 31.8 Å². The molecule has 32 heavy (non-hydrogen) atoms. The molecule has 162 valence electrons. The quantitative estimate of drug-likeness (QED) is 0.735. The molecule has 2 aliphatic carbocycles. The SMILES string of the molecule is CS(=O)(=O)C1=CC(=N)C(=O)c2cc(/N=C3\C=Cc4c(cccc4S(C)(=O)=O)C3=O)ccc21. The van der Waals surface area contributed by atoms with Gasteiger partial charge in [0.05, 0.1) is 15.5 Å². The molecule has 0 radical (unpaired) electrons. The number of fused-ring (bicyclic) bond motifs is 2. The number of ketones is 2. The standard InChI is InChI=1S/C22H16N2O6S2/c1-31(27,28)19-5-3-4-15-13(19)8-9-18(22(15)26)24-12-6-7-14-16(10-12)21(25)17(23)11-20(14)32(2,29)30/h3-11,23H,1-2H3/b23-17?,24-18+. The van der Waals surface area contributed by atoms with Crippen molar-refractivity contribution in [3.05, 3.63) is 70.8 Å². The van der Waals surface area contributed by atoms with Gasteiger partial charge in [0.25, 0.3) is 0 Å². The minimum atomic E-state index is -3.68. The van der Waals surface area contributed by atoms with Crippen LogP contribution in [0.25, 0.3) is 11.0 Å². The molecular weight excluding hydrogens is 452 g/mol. The van der Waals surface area contributed by atoms with Crippen molar-refractivity contribution in [3.63, 3.8) is 0 Å². The van der Waals surface area contributed by atoms with E-state index in [1.807, 2.05) is 0 Å². The van der Waals surface area contributed by atoms with Crippen LogP contribution in [0.4, 0.5) is 5.69 Å². The van der Waals surface area contributed by atoms with Crippen molar-refractivity contribution in [2.45, 2.75) is 4.90 Å². The highest BCUT2D eigenvalue weighted by Gasteiger charge is 2.29. The summed E-state index contributed by atoms with van der Waals surface area (Å²) in [4.78, 5) is 29.6. The topological polar surface area (TPSA) is 139 Å². The highest BCUT2D eigenvalue weighted by atomic mass is 32.2. The van der Waals surface area contributed by atoms with E-state index in [-0.39, 0.29) is 43.5 Å². The Morgan fingerprint density at radius 1 is 0.812 bits per heavy atom. The summed E-state index contributed by atoms with van der Waals surface area (Å²) in [7, 11) is -7.21. The fourth-order valence-electron chi connectivity index (χ4n) is 3.57. The third-order valence-electron chi connectivity index (χ3n) is 5.03. The average Bonchev–Trinajstić information content (AvgIpc) is 2.71. The first-order valence-corrected chi connectivity index (χ1v) is 13.0. The summed E-state index contributed by atoms with van der Waals surface area (Å²) in [6, 6.07) is 8.62. The number of hydrogen-bond acceptors (Lipinski definition) is 8. The van der Waals surface area contributed by atoms with Crippen LogP contribution in [-0.4, -0.2) is 52.3 Å². The van der Waals surface area contributed by atoms with Crippen molar-refractivity contribution in [2.24, 2.45) is 4.99 Å². The second-order valence-corrected chi connectivity index (χ2v) is 11.4. The molecule has 2 aliphatic rings. The van der Waals surface area contributed by atoms with E-state index in [1.54, 1.807) is 0 Å². The molecule has 8 nitrogen and oxygen atoms in total. The second-order valence-electron chi connectivity index (χ2n) is 7.40. The minimum absolute atomic E-state index is 0.00627. The molecule has 2 aromatic carbocycles. The maximum absolute atomic E-state index is 12.9. The van der Waals surface area contributed by atoms with Crippen LogP contribution in [0.2, 0.25) is 0 Å². The van der Waals surface area contributed by atoms with Crippen LogP contribution >= 0.6 is 0 Å². The van der Waals surface area contributed by atoms with E-state index in [1.165, 1.54) is 48.6 Å². The largest absolute Gasteiger partial charge is 0.297 e. The molecule has 0 aromatic heterocycles. The first kappa shape index (κ1) is 21.7. The fraction of sp³-hybridized carbons (Fsp3) is 0.0909. The molecule has 1 N–H and O–H groups in total. The zero-order valence-electron chi connectivity index (χ0n) is 16.9. The summed E-state index contributed by atoms with van der Waals surface area (Å²) in [5, 5.41) is 7.80. The van der Waals surface area contributed by atoms with Crippen molar-refractivity contribution < 1.29 is 26.4 Å². The zero-order chi connectivity index (χ0) is 23.4. The Morgan fingerprint density at radius 3 is 2.19 bits per heavy atom. The van der Waals surface area contributed by atoms with Crippen LogP contribution in [0, 0.1) is 5.41 Å². The fourth-order valence-corrected chi connectivity index (χ4v) is 5.38. The highest BCUT2D eigenvalue weighted by molar-refractivity contribution is 8.00. The summed E-state index contributed by atoms with van der Waals surface area (Å²) >= 11 is 0. The number of nitrogens with one attached hydrogen (secondary N) is 1. The van der Waals surface area contributed by atoms with E-state index in [0.29, 0.717) is 0 Å². The third kappa shape index (κ3) is 3.67. The summed E-state index contributed by atoms with van der Waals surface area (Å²) in [6.07, 6.45) is 5.97. The van der Waals surface area contributed by atoms with Gasteiger partial charge in [0.15, 0.2) is 19.7 Å². The van der Waals surface area contributed by atoms with Gasteiger partial charge < -0.3 is 0 Å². The van der Waals surface area contributed by atoms with Crippen LogP contribution in [-0.2, 0) is 19.7 Å². The van der Waals surface area contributed by atoms with Gasteiger partial charge in [-0.2, -0.15) is 0 Å². The molecule has 2 aromatic rings. The monoisotopic (exact) mass is 468 g/mol. The maximum atomic E-state index is 12.9. The van der Waals surface area contributed by atoms with Crippen molar-refractivity contribution in [3.8, 4) is 0 Å². The molecule has 0 aliphatic heterocycles. The van der Waals surface area contributed by atoms with Crippen LogP contribution < -0.4 is 0 Å².